The largest absolute Gasteiger partial charge is 0.321 e. The Bertz CT molecular complexity index is 136. The Morgan fingerprint density at radius 1 is 1.50 bits per heavy atom. The average Bonchev–Trinajstić information content (AvgIpc) is 2.03. The van der Waals surface area contributed by atoms with Crippen LogP contribution in [0.4, 0.5) is 0 Å². The lowest BCUT2D eigenvalue weighted by Crippen LogP contribution is -2.35. The molecule has 0 aliphatic carbocycles. The summed E-state index contributed by atoms with van der Waals surface area (Å²) < 4.78 is 0. The molecule has 2 nitrogen and oxygen atoms in total. The van der Waals surface area contributed by atoms with Crippen LogP contribution in [-0.4, -0.2) is 23.3 Å². The van der Waals surface area contributed by atoms with Gasteiger partial charge >= 0.3 is 0 Å². The van der Waals surface area contributed by atoms with E-state index in [-0.39, 0.29) is 17.7 Å². The van der Waals surface area contributed by atoms with E-state index < -0.39 is 0 Å². The van der Waals surface area contributed by atoms with Crippen molar-refractivity contribution in [3.8, 4) is 0 Å². The highest BCUT2D eigenvalue weighted by molar-refractivity contribution is 7.99. The quantitative estimate of drug-likeness (QED) is 0.646. The highest BCUT2D eigenvalue weighted by Crippen LogP contribution is 2.07. The van der Waals surface area contributed by atoms with E-state index >= 15 is 0 Å². The fraction of sp³-hybridized carbons (Fsp3) is 0.889. The molecule has 12 heavy (non-hydrogen) atoms. The second kappa shape index (κ2) is 6.49. The summed E-state index contributed by atoms with van der Waals surface area (Å²) in [4.78, 5) is 11.3. The third kappa shape index (κ3) is 4.78. The van der Waals surface area contributed by atoms with E-state index in [2.05, 4.69) is 6.92 Å². The minimum Gasteiger partial charge on any atom is -0.321 e. The van der Waals surface area contributed by atoms with E-state index in [9.17, 15) is 4.79 Å². The van der Waals surface area contributed by atoms with E-state index in [1.165, 1.54) is 0 Å². The van der Waals surface area contributed by atoms with Gasteiger partial charge in [-0.2, -0.15) is 11.8 Å². The highest BCUT2D eigenvalue weighted by Gasteiger charge is 2.15. The molecular weight excluding hydrogens is 170 g/mol. The standard InChI is InChI=1S/C9H19NOS/c1-4-5-12-6-8(10)9(11)7(2)3/h7-8H,4-6,10H2,1-3H3. The van der Waals surface area contributed by atoms with Crippen molar-refractivity contribution in [1.82, 2.24) is 0 Å². The molecule has 0 heterocycles. The van der Waals surface area contributed by atoms with Crippen molar-refractivity contribution >= 4 is 17.5 Å². The van der Waals surface area contributed by atoms with Gasteiger partial charge in [0, 0.05) is 11.7 Å². The number of thioether (sulfide) groups is 1. The maximum Gasteiger partial charge on any atom is 0.152 e. The summed E-state index contributed by atoms with van der Waals surface area (Å²) in [6.45, 7) is 5.92. The summed E-state index contributed by atoms with van der Waals surface area (Å²) in [7, 11) is 0. The van der Waals surface area contributed by atoms with Crippen molar-refractivity contribution in [2.75, 3.05) is 11.5 Å². The Hall–Kier alpha value is -0.0200. The molecule has 0 saturated heterocycles. The zero-order valence-electron chi connectivity index (χ0n) is 8.17. The molecule has 0 rings (SSSR count). The van der Waals surface area contributed by atoms with Crippen LogP contribution in [0.25, 0.3) is 0 Å². The number of rotatable bonds is 6. The summed E-state index contributed by atoms with van der Waals surface area (Å²) in [6.07, 6.45) is 1.15. The first-order chi connectivity index (χ1) is 5.59. The maximum absolute atomic E-state index is 11.3. The molecule has 1 atom stereocenters. The molecule has 2 N–H and O–H groups in total. The van der Waals surface area contributed by atoms with Gasteiger partial charge in [0.2, 0.25) is 0 Å². The molecule has 0 aliphatic heterocycles. The van der Waals surface area contributed by atoms with Crippen molar-refractivity contribution in [2.45, 2.75) is 33.2 Å². The van der Waals surface area contributed by atoms with Gasteiger partial charge in [0.25, 0.3) is 0 Å². The molecule has 0 aliphatic rings. The van der Waals surface area contributed by atoms with Crippen LogP contribution >= 0.6 is 11.8 Å². The topological polar surface area (TPSA) is 43.1 Å². The van der Waals surface area contributed by atoms with Gasteiger partial charge in [-0.1, -0.05) is 20.8 Å². The zero-order valence-corrected chi connectivity index (χ0v) is 8.99. The summed E-state index contributed by atoms with van der Waals surface area (Å²) in [5, 5.41) is 0. The van der Waals surface area contributed by atoms with Crippen LogP contribution in [0, 0.1) is 5.92 Å². The van der Waals surface area contributed by atoms with Crippen LogP contribution in [0.5, 0.6) is 0 Å². The number of ketones is 1. The number of hydrogen-bond acceptors (Lipinski definition) is 3. The van der Waals surface area contributed by atoms with Crippen LogP contribution in [0.2, 0.25) is 0 Å². The molecule has 0 saturated carbocycles. The average molecular weight is 189 g/mol. The van der Waals surface area contributed by atoms with Gasteiger partial charge in [-0.15, -0.1) is 0 Å². The summed E-state index contributed by atoms with van der Waals surface area (Å²) in [6, 6.07) is -0.262. The van der Waals surface area contributed by atoms with E-state index in [4.69, 9.17) is 5.73 Å². The van der Waals surface area contributed by atoms with E-state index in [1.54, 1.807) is 11.8 Å². The van der Waals surface area contributed by atoms with Crippen LogP contribution in [0.15, 0.2) is 0 Å². The van der Waals surface area contributed by atoms with Crippen molar-refractivity contribution in [2.24, 2.45) is 11.7 Å². The Balaban J connectivity index is 3.57. The first kappa shape index (κ1) is 12.0. The van der Waals surface area contributed by atoms with Crippen LogP contribution < -0.4 is 5.73 Å². The predicted molar refractivity (Wildman–Crippen MR) is 55.4 cm³/mol. The fourth-order valence-corrected chi connectivity index (χ4v) is 1.74. The SMILES string of the molecule is CCCSCC(N)C(=O)C(C)C. The molecule has 0 bridgehead atoms. The van der Waals surface area contributed by atoms with Gasteiger partial charge in [0.15, 0.2) is 5.78 Å². The van der Waals surface area contributed by atoms with Crippen molar-refractivity contribution in [3.63, 3.8) is 0 Å². The molecular formula is C9H19NOS. The lowest BCUT2D eigenvalue weighted by atomic mass is 10.0. The molecule has 0 fully saturated rings. The third-order valence-corrected chi connectivity index (χ3v) is 2.87. The molecule has 0 amide bonds. The van der Waals surface area contributed by atoms with E-state index in [0.717, 1.165) is 17.9 Å². The summed E-state index contributed by atoms with van der Waals surface area (Å²) >= 11 is 1.76. The second-order valence-electron chi connectivity index (χ2n) is 3.24. The third-order valence-electron chi connectivity index (χ3n) is 1.58. The molecule has 0 aromatic rings. The van der Waals surface area contributed by atoms with Crippen LogP contribution in [-0.2, 0) is 4.79 Å². The van der Waals surface area contributed by atoms with Gasteiger partial charge in [-0.25, -0.2) is 0 Å². The Morgan fingerprint density at radius 2 is 2.08 bits per heavy atom. The van der Waals surface area contributed by atoms with E-state index in [0.29, 0.717) is 0 Å². The fourth-order valence-electron chi connectivity index (χ4n) is 0.865. The van der Waals surface area contributed by atoms with Gasteiger partial charge in [-0.3, -0.25) is 4.79 Å². The zero-order chi connectivity index (χ0) is 9.56. The number of Topliss-reactive ketones (excluding diaryl/α,β-unsaturated/α-hetero) is 1. The van der Waals surface area contributed by atoms with Gasteiger partial charge in [0.05, 0.1) is 6.04 Å². The van der Waals surface area contributed by atoms with Crippen molar-refractivity contribution in [1.29, 1.82) is 0 Å². The van der Waals surface area contributed by atoms with Crippen molar-refractivity contribution < 1.29 is 4.79 Å². The molecule has 0 radical (unpaired) electrons. The van der Waals surface area contributed by atoms with Crippen molar-refractivity contribution in [3.05, 3.63) is 0 Å². The number of hydrogen-bond donors (Lipinski definition) is 1. The van der Waals surface area contributed by atoms with Gasteiger partial charge in [0.1, 0.15) is 0 Å². The molecule has 0 spiro atoms. The Morgan fingerprint density at radius 3 is 2.50 bits per heavy atom. The Labute approximate surface area is 79.3 Å². The predicted octanol–water partition coefficient (Wildman–Crippen LogP) is 1.68. The minimum absolute atomic E-state index is 0.0715. The lowest BCUT2D eigenvalue weighted by molar-refractivity contribution is -0.122. The molecule has 72 valence electrons. The second-order valence-corrected chi connectivity index (χ2v) is 4.39. The first-order valence-electron chi connectivity index (χ1n) is 4.46. The van der Waals surface area contributed by atoms with Gasteiger partial charge < -0.3 is 5.73 Å². The first-order valence-corrected chi connectivity index (χ1v) is 5.62. The van der Waals surface area contributed by atoms with Gasteiger partial charge in [-0.05, 0) is 12.2 Å². The smallest absolute Gasteiger partial charge is 0.152 e. The Kier molecular flexibility index (Phi) is 6.48. The lowest BCUT2D eigenvalue weighted by Gasteiger charge is -2.11. The molecule has 0 aromatic carbocycles. The molecule has 0 aromatic heterocycles. The van der Waals surface area contributed by atoms with E-state index in [1.807, 2.05) is 13.8 Å². The normalized spacial score (nSPS) is 13.4. The summed E-state index contributed by atoms with van der Waals surface area (Å²) in [5.74, 6) is 2.12. The number of nitrogens with two attached hydrogens (primary N) is 1. The van der Waals surface area contributed by atoms with Crippen LogP contribution in [0.3, 0.4) is 0 Å². The number of carbonyl (C=O) groups is 1. The summed E-state index contributed by atoms with van der Waals surface area (Å²) in [5.41, 5.74) is 5.69. The highest BCUT2D eigenvalue weighted by atomic mass is 32.2. The number of carbonyl (C=O) groups excluding carboxylic acids is 1. The minimum atomic E-state index is -0.262. The van der Waals surface area contributed by atoms with Crippen LogP contribution in [0.1, 0.15) is 27.2 Å². The monoisotopic (exact) mass is 189 g/mol. The maximum atomic E-state index is 11.3. The molecule has 3 heteroatoms. The molecule has 1 unspecified atom stereocenters.